The van der Waals surface area contributed by atoms with Gasteiger partial charge in [-0.15, -0.1) is 0 Å². The Labute approximate surface area is 197 Å². The highest BCUT2D eigenvalue weighted by atomic mass is 35.5. The van der Waals surface area contributed by atoms with E-state index in [4.69, 9.17) is 39.5 Å². The van der Waals surface area contributed by atoms with Crippen LogP contribution in [0, 0.1) is 0 Å². The zero-order valence-electron chi connectivity index (χ0n) is 17.2. The monoisotopic (exact) mass is 482 g/mol. The first-order chi connectivity index (χ1) is 14.8. The van der Waals surface area contributed by atoms with Crippen molar-refractivity contribution in [2.75, 3.05) is 6.61 Å². The molecule has 1 N–H and O–H groups in total. The first-order valence-electron chi connectivity index (χ1n) is 10.3. The number of ether oxygens (including phenoxy) is 1. The first-order valence-corrected chi connectivity index (χ1v) is 11.4. The molecule has 5 nitrogen and oxygen atoms in total. The number of amides is 2. The molecule has 0 aliphatic heterocycles. The van der Waals surface area contributed by atoms with Crippen LogP contribution in [-0.2, 0) is 16.1 Å². The largest absolute Gasteiger partial charge is 0.484 e. The second kappa shape index (κ2) is 11.1. The minimum atomic E-state index is -0.675. The molecule has 0 radical (unpaired) electrons. The van der Waals surface area contributed by atoms with Crippen molar-refractivity contribution in [3.63, 3.8) is 0 Å². The van der Waals surface area contributed by atoms with Gasteiger partial charge in [-0.25, -0.2) is 0 Å². The Bertz CT molecular complexity index is 932. The summed E-state index contributed by atoms with van der Waals surface area (Å²) in [5.74, 6) is -0.0124. The number of carbonyl (C=O) groups excluding carboxylic acids is 2. The third kappa shape index (κ3) is 6.76. The van der Waals surface area contributed by atoms with E-state index in [1.54, 1.807) is 49.4 Å². The lowest BCUT2D eigenvalue weighted by Crippen LogP contribution is -2.50. The van der Waals surface area contributed by atoms with Crippen molar-refractivity contribution in [2.24, 2.45) is 0 Å². The number of hydrogen-bond acceptors (Lipinski definition) is 3. The van der Waals surface area contributed by atoms with Crippen LogP contribution in [0.1, 0.15) is 38.2 Å². The average Bonchev–Trinajstić information content (AvgIpc) is 3.25. The maximum atomic E-state index is 13.1. The highest BCUT2D eigenvalue weighted by Gasteiger charge is 2.28. The molecule has 2 aromatic carbocycles. The van der Waals surface area contributed by atoms with E-state index in [0.717, 1.165) is 31.2 Å². The average molecular weight is 484 g/mol. The molecule has 166 valence electrons. The fourth-order valence-corrected chi connectivity index (χ4v) is 4.09. The molecule has 0 aromatic heterocycles. The van der Waals surface area contributed by atoms with E-state index in [2.05, 4.69) is 5.32 Å². The van der Waals surface area contributed by atoms with Crippen molar-refractivity contribution in [3.05, 3.63) is 63.1 Å². The summed E-state index contributed by atoms with van der Waals surface area (Å²) in [4.78, 5) is 27.4. The van der Waals surface area contributed by atoms with Crippen molar-refractivity contribution in [1.29, 1.82) is 0 Å². The predicted octanol–water partition coefficient (Wildman–Crippen LogP) is 5.50. The number of nitrogens with zero attached hydrogens (tertiary/aromatic N) is 1. The van der Waals surface area contributed by atoms with Crippen LogP contribution in [0.4, 0.5) is 0 Å². The maximum absolute atomic E-state index is 13.1. The minimum Gasteiger partial charge on any atom is -0.484 e. The fraction of sp³-hybridized carbons (Fsp3) is 0.391. The van der Waals surface area contributed by atoms with Gasteiger partial charge in [-0.05, 0) is 55.7 Å². The van der Waals surface area contributed by atoms with Crippen LogP contribution in [-0.4, -0.2) is 35.4 Å². The van der Waals surface area contributed by atoms with E-state index >= 15 is 0 Å². The molecule has 0 heterocycles. The Balaban J connectivity index is 1.73. The molecule has 1 fully saturated rings. The highest BCUT2D eigenvalue weighted by molar-refractivity contribution is 6.42. The zero-order chi connectivity index (χ0) is 22.4. The molecule has 0 spiro atoms. The third-order valence-electron chi connectivity index (χ3n) is 5.36. The molecule has 1 aliphatic rings. The van der Waals surface area contributed by atoms with Gasteiger partial charge in [0.2, 0.25) is 5.91 Å². The molecule has 2 amide bonds. The van der Waals surface area contributed by atoms with E-state index in [1.165, 1.54) is 4.90 Å². The van der Waals surface area contributed by atoms with Crippen LogP contribution in [0.15, 0.2) is 42.5 Å². The van der Waals surface area contributed by atoms with E-state index in [0.29, 0.717) is 20.8 Å². The third-order valence-corrected chi connectivity index (χ3v) is 6.34. The van der Waals surface area contributed by atoms with E-state index < -0.39 is 6.04 Å². The highest BCUT2D eigenvalue weighted by Crippen LogP contribution is 2.24. The number of hydrogen-bond donors (Lipinski definition) is 1. The smallest absolute Gasteiger partial charge is 0.261 e. The van der Waals surface area contributed by atoms with Crippen LogP contribution in [0.5, 0.6) is 5.75 Å². The van der Waals surface area contributed by atoms with E-state index in [-0.39, 0.29) is 31.0 Å². The molecule has 1 aliphatic carbocycles. The summed E-state index contributed by atoms with van der Waals surface area (Å²) >= 11 is 18.1. The molecule has 0 bridgehead atoms. The Morgan fingerprint density at radius 2 is 1.84 bits per heavy atom. The van der Waals surface area contributed by atoms with Crippen LogP contribution in [0.2, 0.25) is 15.1 Å². The summed E-state index contributed by atoms with van der Waals surface area (Å²) in [5, 5.41) is 4.40. The number of nitrogens with one attached hydrogen (secondary N) is 1. The van der Waals surface area contributed by atoms with Gasteiger partial charge in [-0.3, -0.25) is 9.59 Å². The lowest BCUT2D eigenvalue weighted by molar-refractivity contribution is -0.142. The Hall–Kier alpha value is -1.95. The summed E-state index contributed by atoms with van der Waals surface area (Å²) < 4.78 is 5.62. The molecule has 1 atom stereocenters. The maximum Gasteiger partial charge on any atom is 0.261 e. The molecule has 0 saturated heterocycles. The van der Waals surface area contributed by atoms with Gasteiger partial charge in [0.25, 0.3) is 5.91 Å². The molecule has 2 aromatic rings. The van der Waals surface area contributed by atoms with Crippen LogP contribution in [0.3, 0.4) is 0 Å². The van der Waals surface area contributed by atoms with Gasteiger partial charge in [0.15, 0.2) is 6.61 Å². The fourth-order valence-electron chi connectivity index (χ4n) is 3.59. The number of rotatable bonds is 8. The predicted molar refractivity (Wildman–Crippen MR) is 124 cm³/mol. The summed E-state index contributed by atoms with van der Waals surface area (Å²) in [7, 11) is 0. The normalized spacial score (nSPS) is 14.8. The van der Waals surface area contributed by atoms with Gasteiger partial charge in [-0.2, -0.15) is 0 Å². The Morgan fingerprint density at radius 3 is 2.52 bits per heavy atom. The van der Waals surface area contributed by atoms with E-state index in [9.17, 15) is 9.59 Å². The zero-order valence-corrected chi connectivity index (χ0v) is 19.5. The molecular weight excluding hydrogens is 459 g/mol. The van der Waals surface area contributed by atoms with Crippen LogP contribution >= 0.6 is 34.8 Å². The lowest BCUT2D eigenvalue weighted by atomic mass is 10.1. The number of benzene rings is 2. The molecular formula is C23H25Cl3N2O3. The van der Waals surface area contributed by atoms with Crippen LogP contribution < -0.4 is 10.1 Å². The van der Waals surface area contributed by atoms with Gasteiger partial charge in [0.05, 0.1) is 10.0 Å². The van der Waals surface area contributed by atoms with Crippen molar-refractivity contribution >= 4 is 46.6 Å². The molecule has 1 saturated carbocycles. The van der Waals surface area contributed by atoms with E-state index in [1.807, 2.05) is 0 Å². The molecule has 3 rings (SSSR count). The Morgan fingerprint density at radius 1 is 1.10 bits per heavy atom. The van der Waals surface area contributed by atoms with Gasteiger partial charge >= 0.3 is 0 Å². The molecule has 31 heavy (non-hydrogen) atoms. The van der Waals surface area contributed by atoms with Crippen molar-refractivity contribution in [3.8, 4) is 5.75 Å². The van der Waals surface area contributed by atoms with Gasteiger partial charge < -0.3 is 15.0 Å². The quantitative estimate of drug-likeness (QED) is 0.539. The van der Waals surface area contributed by atoms with Gasteiger partial charge in [0.1, 0.15) is 11.8 Å². The lowest BCUT2D eigenvalue weighted by Gasteiger charge is -2.29. The first kappa shape index (κ1) is 23.7. The van der Waals surface area contributed by atoms with Crippen LogP contribution in [0.25, 0.3) is 0 Å². The van der Waals surface area contributed by atoms with Gasteiger partial charge in [-0.1, -0.05) is 59.8 Å². The summed E-state index contributed by atoms with van der Waals surface area (Å²) in [6.07, 6.45) is 4.16. The number of carbonyl (C=O) groups is 2. The second-order valence-electron chi connectivity index (χ2n) is 7.68. The van der Waals surface area contributed by atoms with Crippen molar-refractivity contribution in [1.82, 2.24) is 10.2 Å². The summed E-state index contributed by atoms with van der Waals surface area (Å²) in [5.41, 5.74) is 0.769. The number of halogens is 3. The Kier molecular flexibility index (Phi) is 8.47. The molecule has 8 heteroatoms. The topological polar surface area (TPSA) is 58.6 Å². The minimum absolute atomic E-state index is 0.166. The van der Waals surface area contributed by atoms with Crippen molar-refractivity contribution in [2.45, 2.75) is 51.2 Å². The summed E-state index contributed by atoms with van der Waals surface area (Å²) in [6, 6.07) is 11.5. The SMILES string of the molecule is C[C@@H](C(=O)NC1CCCC1)N(Cc1ccc(Cl)c(Cl)c1)C(=O)COc1cccc(Cl)c1. The van der Waals surface area contributed by atoms with Gasteiger partial charge in [0, 0.05) is 17.6 Å². The summed E-state index contributed by atoms with van der Waals surface area (Å²) in [6.45, 7) is 1.70. The standard InChI is InChI=1S/C23H25Cl3N2O3/c1-15(23(30)27-18-6-2-3-7-18)28(13-16-9-10-20(25)21(26)11-16)22(29)14-31-19-8-4-5-17(24)12-19/h4-5,8-12,15,18H,2-3,6-7,13-14H2,1H3,(H,27,30)/t15-/m0/s1. The molecule has 0 unspecified atom stereocenters. The second-order valence-corrected chi connectivity index (χ2v) is 8.93. The van der Waals surface area contributed by atoms with Crippen molar-refractivity contribution < 1.29 is 14.3 Å².